The van der Waals surface area contributed by atoms with E-state index >= 15 is 0 Å². The third kappa shape index (κ3) is 7.28. The summed E-state index contributed by atoms with van der Waals surface area (Å²) in [7, 11) is 0. The zero-order chi connectivity index (χ0) is 21.3. The molecule has 0 aliphatic heterocycles. The summed E-state index contributed by atoms with van der Waals surface area (Å²) in [5.41, 5.74) is 3.04. The van der Waals surface area contributed by atoms with Crippen molar-refractivity contribution in [2.24, 2.45) is 0 Å². The Morgan fingerprint density at radius 2 is 1.72 bits per heavy atom. The maximum absolute atomic E-state index is 12.4. The maximum Gasteiger partial charge on any atom is 0.251 e. The Bertz CT molecular complexity index is 852. The number of thioether (sulfide) groups is 1. The van der Waals surface area contributed by atoms with E-state index in [1.165, 1.54) is 5.56 Å². The van der Waals surface area contributed by atoms with Gasteiger partial charge in [0.2, 0.25) is 5.91 Å². The molecule has 0 heterocycles. The number of benzene rings is 2. The number of carbonyl (C=O) groups is 2. The molecule has 0 spiro atoms. The van der Waals surface area contributed by atoms with Crippen molar-refractivity contribution in [2.75, 3.05) is 12.3 Å². The number of rotatable bonds is 8. The fourth-order valence-corrected chi connectivity index (χ4v) is 3.68. The minimum atomic E-state index is -0.713. The van der Waals surface area contributed by atoms with Crippen LogP contribution in [0.15, 0.2) is 54.6 Å². The molecule has 0 aliphatic carbocycles. The van der Waals surface area contributed by atoms with Crippen molar-refractivity contribution in [2.45, 2.75) is 38.0 Å². The van der Waals surface area contributed by atoms with E-state index in [4.69, 9.17) is 5.26 Å². The molecule has 0 radical (unpaired) electrons. The number of hydrogen-bond acceptors (Lipinski definition) is 4. The van der Waals surface area contributed by atoms with Crippen LogP contribution in [0.3, 0.4) is 0 Å². The second-order valence-electron chi connectivity index (χ2n) is 7.73. The minimum absolute atomic E-state index is 0.0878. The first-order valence-corrected chi connectivity index (χ1v) is 10.6. The molecule has 0 bridgehead atoms. The molecule has 1 unspecified atom stereocenters. The average molecular weight is 410 g/mol. The van der Waals surface area contributed by atoms with Crippen LogP contribution in [-0.2, 0) is 16.0 Å². The Morgan fingerprint density at radius 3 is 2.31 bits per heavy atom. The molecule has 29 heavy (non-hydrogen) atoms. The Labute approximate surface area is 176 Å². The standard InChI is InChI=1S/C23H27N3O2S/c1-23(2,3)19-11-9-17(10-12-19)15-29-16-20(22(28)25-14-13-24)26-21(27)18-7-5-4-6-8-18/h4-12,20H,14-16H2,1-3H3,(H,25,28)(H,26,27). The largest absolute Gasteiger partial charge is 0.341 e. The molecule has 1 atom stereocenters. The van der Waals surface area contributed by atoms with E-state index < -0.39 is 6.04 Å². The maximum atomic E-state index is 12.4. The van der Waals surface area contributed by atoms with Crippen LogP contribution < -0.4 is 10.6 Å². The van der Waals surface area contributed by atoms with Gasteiger partial charge in [-0.2, -0.15) is 17.0 Å². The second kappa shape index (κ2) is 10.7. The Morgan fingerprint density at radius 1 is 1.07 bits per heavy atom. The van der Waals surface area contributed by atoms with Gasteiger partial charge in [0.05, 0.1) is 6.07 Å². The highest BCUT2D eigenvalue weighted by Gasteiger charge is 2.21. The molecule has 0 saturated heterocycles. The first-order chi connectivity index (χ1) is 13.8. The number of nitriles is 1. The van der Waals surface area contributed by atoms with Crippen LogP contribution in [0.4, 0.5) is 0 Å². The topological polar surface area (TPSA) is 82.0 Å². The predicted octanol–water partition coefficient (Wildman–Crippen LogP) is 3.66. The molecule has 2 amide bonds. The van der Waals surface area contributed by atoms with Gasteiger partial charge in [-0.1, -0.05) is 63.2 Å². The average Bonchev–Trinajstić information content (AvgIpc) is 2.71. The summed E-state index contributed by atoms with van der Waals surface area (Å²) in [4.78, 5) is 24.8. The molecule has 152 valence electrons. The number of carbonyl (C=O) groups excluding carboxylic acids is 2. The van der Waals surface area contributed by atoms with Crippen molar-refractivity contribution in [1.82, 2.24) is 10.6 Å². The molecule has 0 saturated carbocycles. The smallest absolute Gasteiger partial charge is 0.251 e. The van der Waals surface area contributed by atoms with Gasteiger partial charge in [0.15, 0.2) is 0 Å². The molecule has 6 heteroatoms. The monoisotopic (exact) mass is 409 g/mol. The lowest BCUT2D eigenvalue weighted by molar-refractivity contribution is -0.122. The molecule has 2 rings (SSSR count). The van der Waals surface area contributed by atoms with Crippen molar-refractivity contribution < 1.29 is 9.59 Å². The van der Waals surface area contributed by atoms with Crippen molar-refractivity contribution >= 4 is 23.6 Å². The highest BCUT2D eigenvalue weighted by Crippen LogP contribution is 2.23. The van der Waals surface area contributed by atoms with Crippen LogP contribution in [0.1, 0.15) is 42.3 Å². The van der Waals surface area contributed by atoms with Crippen molar-refractivity contribution in [3.63, 3.8) is 0 Å². The van der Waals surface area contributed by atoms with Gasteiger partial charge in [0, 0.05) is 17.1 Å². The lowest BCUT2D eigenvalue weighted by atomic mass is 9.87. The molecule has 2 aromatic rings. The van der Waals surface area contributed by atoms with Gasteiger partial charge in [-0.05, 0) is 28.7 Å². The summed E-state index contributed by atoms with van der Waals surface area (Å²) in [5, 5.41) is 14.0. The Kier molecular flexibility index (Phi) is 8.29. The summed E-state index contributed by atoms with van der Waals surface area (Å²) in [6.45, 7) is 6.44. The summed E-state index contributed by atoms with van der Waals surface area (Å²) >= 11 is 1.57. The van der Waals surface area contributed by atoms with E-state index in [0.29, 0.717) is 11.3 Å². The van der Waals surface area contributed by atoms with Crippen LogP contribution in [0.2, 0.25) is 0 Å². The number of nitrogens with zero attached hydrogens (tertiary/aromatic N) is 1. The highest BCUT2D eigenvalue weighted by atomic mass is 32.2. The molecule has 5 nitrogen and oxygen atoms in total. The number of nitrogens with one attached hydrogen (secondary N) is 2. The number of hydrogen-bond donors (Lipinski definition) is 2. The van der Waals surface area contributed by atoms with Crippen molar-refractivity contribution in [1.29, 1.82) is 5.26 Å². The molecular formula is C23H27N3O2S. The molecule has 0 aliphatic rings. The zero-order valence-corrected chi connectivity index (χ0v) is 17.9. The van der Waals surface area contributed by atoms with Gasteiger partial charge in [-0.3, -0.25) is 9.59 Å². The highest BCUT2D eigenvalue weighted by molar-refractivity contribution is 7.98. The normalized spacial score (nSPS) is 11.9. The summed E-state index contributed by atoms with van der Waals surface area (Å²) < 4.78 is 0. The quantitative estimate of drug-likeness (QED) is 0.652. The summed E-state index contributed by atoms with van der Waals surface area (Å²) in [5.74, 6) is 0.481. The van der Waals surface area contributed by atoms with Crippen LogP contribution in [0.5, 0.6) is 0 Å². The third-order valence-corrected chi connectivity index (χ3v) is 5.48. The molecular weight excluding hydrogens is 382 g/mol. The van der Waals surface area contributed by atoms with E-state index in [1.54, 1.807) is 36.0 Å². The fourth-order valence-electron chi connectivity index (χ4n) is 2.66. The Balaban J connectivity index is 1.97. The van der Waals surface area contributed by atoms with Crippen molar-refractivity contribution in [3.05, 3.63) is 71.3 Å². The summed E-state index contributed by atoms with van der Waals surface area (Å²) in [6.07, 6.45) is 0. The van der Waals surface area contributed by atoms with Gasteiger partial charge in [-0.25, -0.2) is 0 Å². The van der Waals surface area contributed by atoms with E-state index in [1.807, 2.05) is 12.1 Å². The molecule has 2 aromatic carbocycles. The van der Waals surface area contributed by atoms with Crippen molar-refractivity contribution in [3.8, 4) is 6.07 Å². The first-order valence-electron chi connectivity index (χ1n) is 9.49. The van der Waals surface area contributed by atoms with Crippen LogP contribution in [0.25, 0.3) is 0 Å². The fraction of sp³-hybridized carbons (Fsp3) is 0.348. The van der Waals surface area contributed by atoms with Gasteiger partial charge in [-0.15, -0.1) is 0 Å². The Hall–Kier alpha value is -2.78. The molecule has 0 fully saturated rings. The summed E-state index contributed by atoms with van der Waals surface area (Å²) in [6, 6.07) is 18.4. The van der Waals surface area contributed by atoms with Crippen LogP contribution >= 0.6 is 11.8 Å². The predicted molar refractivity (Wildman–Crippen MR) is 118 cm³/mol. The number of amides is 2. The zero-order valence-electron chi connectivity index (χ0n) is 17.1. The lowest BCUT2D eigenvalue weighted by Crippen LogP contribution is -2.48. The van der Waals surface area contributed by atoms with Gasteiger partial charge in [0.1, 0.15) is 12.6 Å². The first kappa shape index (κ1) is 22.5. The third-order valence-electron chi connectivity index (χ3n) is 4.37. The van der Waals surface area contributed by atoms with Gasteiger partial charge in [0.25, 0.3) is 5.91 Å². The van der Waals surface area contributed by atoms with Crippen LogP contribution in [0, 0.1) is 11.3 Å². The van der Waals surface area contributed by atoms with Gasteiger partial charge < -0.3 is 10.6 Å². The van der Waals surface area contributed by atoms with E-state index in [9.17, 15) is 9.59 Å². The minimum Gasteiger partial charge on any atom is -0.341 e. The second-order valence-corrected chi connectivity index (χ2v) is 8.76. The van der Waals surface area contributed by atoms with E-state index in [2.05, 4.69) is 55.7 Å². The molecule has 0 aromatic heterocycles. The lowest BCUT2D eigenvalue weighted by Gasteiger charge is -2.19. The molecule has 2 N–H and O–H groups in total. The van der Waals surface area contributed by atoms with Crippen LogP contribution in [-0.4, -0.2) is 30.2 Å². The van der Waals surface area contributed by atoms with E-state index in [-0.39, 0.29) is 23.8 Å². The SMILES string of the molecule is CC(C)(C)c1ccc(CSCC(NC(=O)c2ccccc2)C(=O)NCC#N)cc1. The van der Waals surface area contributed by atoms with Gasteiger partial charge >= 0.3 is 0 Å². The van der Waals surface area contributed by atoms with E-state index in [0.717, 1.165) is 11.3 Å².